The second kappa shape index (κ2) is 9.56. The van der Waals surface area contributed by atoms with E-state index in [1.165, 1.54) is 11.1 Å². The molecule has 3 rings (SSSR count). The number of benzene rings is 2. The van der Waals surface area contributed by atoms with Gasteiger partial charge in [0.25, 0.3) is 0 Å². The van der Waals surface area contributed by atoms with Gasteiger partial charge in [0.15, 0.2) is 0 Å². The van der Waals surface area contributed by atoms with E-state index in [4.69, 9.17) is 4.74 Å². The van der Waals surface area contributed by atoms with Gasteiger partial charge in [0, 0.05) is 25.7 Å². The summed E-state index contributed by atoms with van der Waals surface area (Å²) in [6, 6.07) is 18.8. The molecule has 1 aliphatic rings. The minimum absolute atomic E-state index is 0.0698. The van der Waals surface area contributed by atoms with E-state index in [9.17, 15) is 4.79 Å². The van der Waals surface area contributed by atoms with E-state index in [0.717, 1.165) is 31.8 Å². The third-order valence-electron chi connectivity index (χ3n) is 5.03. The number of likely N-dealkylation sites (tertiary alicyclic amines) is 1. The average Bonchev–Trinajstić information content (AvgIpc) is 3.09. The van der Waals surface area contributed by atoms with Crippen LogP contribution in [-0.4, -0.2) is 36.5 Å². The Hall–Kier alpha value is -2.33. The molecular formula is C23H30N2O2. The highest BCUT2D eigenvalue weighted by molar-refractivity contribution is 5.76. The molecule has 2 aromatic carbocycles. The van der Waals surface area contributed by atoms with Crippen molar-refractivity contribution in [2.24, 2.45) is 0 Å². The highest BCUT2D eigenvalue weighted by atomic mass is 16.5. The number of rotatable bonds is 8. The summed E-state index contributed by atoms with van der Waals surface area (Å²) in [7, 11) is 0. The van der Waals surface area contributed by atoms with Crippen LogP contribution in [0.1, 0.15) is 43.7 Å². The summed E-state index contributed by atoms with van der Waals surface area (Å²) < 4.78 is 5.70. The van der Waals surface area contributed by atoms with Crippen molar-refractivity contribution in [3.05, 3.63) is 65.7 Å². The normalized spacial score (nSPS) is 17.2. The minimum Gasteiger partial charge on any atom is -0.493 e. The largest absolute Gasteiger partial charge is 0.493 e. The summed E-state index contributed by atoms with van der Waals surface area (Å²) in [6.45, 7) is 7.64. The zero-order valence-corrected chi connectivity index (χ0v) is 16.4. The van der Waals surface area contributed by atoms with Crippen LogP contribution in [0.4, 0.5) is 0 Å². The molecule has 144 valence electrons. The second-order valence-corrected chi connectivity index (χ2v) is 7.60. The molecule has 4 heteroatoms. The fourth-order valence-corrected chi connectivity index (χ4v) is 3.45. The van der Waals surface area contributed by atoms with E-state index in [2.05, 4.69) is 60.5 Å². The molecular weight excluding hydrogens is 336 g/mol. The fraction of sp³-hybridized carbons (Fsp3) is 0.435. The van der Waals surface area contributed by atoms with Gasteiger partial charge in [0.1, 0.15) is 5.75 Å². The fourth-order valence-electron chi connectivity index (χ4n) is 3.45. The standard InChI is InChI=1S/C23H30N2O2/c1-18(2)20-8-10-22(11-9-20)27-15-13-23(26)24-21-12-14-25(17-21)16-19-6-4-3-5-7-19/h3-11,18,21H,12-17H2,1-2H3,(H,24,26). The first kappa shape index (κ1) is 19.4. The Labute approximate surface area is 162 Å². The summed E-state index contributed by atoms with van der Waals surface area (Å²) in [5, 5.41) is 3.14. The maximum Gasteiger partial charge on any atom is 0.223 e. The Morgan fingerprint density at radius 3 is 2.59 bits per heavy atom. The van der Waals surface area contributed by atoms with Crippen molar-refractivity contribution in [3.63, 3.8) is 0 Å². The van der Waals surface area contributed by atoms with Crippen LogP contribution in [0.2, 0.25) is 0 Å². The monoisotopic (exact) mass is 366 g/mol. The van der Waals surface area contributed by atoms with Crippen LogP contribution in [0.3, 0.4) is 0 Å². The first-order valence-electron chi connectivity index (χ1n) is 9.88. The zero-order chi connectivity index (χ0) is 19.1. The van der Waals surface area contributed by atoms with E-state index >= 15 is 0 Å². The van der Waals surface area contributed by atoms with Crippen molar-refractivity contribution in [2.75, 3.05) is 19.7 Å². The van der Waals surface area contributed by atoms with E-state index < -0.39 is 0 Å². The Bertz CT molecular complexity index is 713. The highest BCUT2D eigenvalue weighted by Gasteiger charge is 2.23. The molecule has 0 radical (unpaired) electrons. The predicted molar refractivity (Wildman–Crippen MR) is 109 cm³/mol. The van der Waals surface area contributed by atoms with Gasteiger partial charge in [-0.1, -0.05) is 56.3 Å². The molecule has 1 amide bonds. The first-order valence-corrected chi connectivity index (χ1v) is 9.88. The summed E-state index contributed by atoms with van der Waals surface area (Å²) in [6.07, 6.45) is 1.40. The summed E-state index contributed by atoms with van der Waals surface area (Å²) in [5.41, 5.74) is 2.61. The minimum atomic E-state index is 0.0698. The van der Waals surface area contributed by atoms with Gasteiger partial charge in [-0.05, 0) is 35.6 Å². The van der Waals surface area contributed by atoms with Crippen molar-refractivity contribution >= 4 is 5.91 Å². The highest BCUT2D eigenvalue weighted by Crippen LogP contribution is 2.18. The van der Waals surface area contributed by atoms with Gasteiger partial charge in [-0.25, -0.2) is 0 Å². The number of carbonyl (C=O) groups is 1. The predicted octanol–water partition coefficient (Wildman–Crippen LogP) is 3.97. The van der Waals surface area contributed by atoms with Crippen LogP contribution in [0, 0.1) is 0 Å². The Morgan fingerprint density at radius 1 is 1.15 bits per heavy atom. The van der Waals surface area contributed by atoms with Gasteiger partial charge in [0.05, 0.1) is 13.0 Å². The second-order valence-electron chi connectivity index (χ2n) is 7.60. The van der Waals surface area contributed by atoms with Gasteiger partial charge in [-0.2, -0.15) is 0 Å². The third-order valence-corrected chi connectivity index (χ3v) is 5.03. The SMILES string of the molecule is CC(C)c1ccc(OCCC(=O)NC2CCN(Cc3ccccc3)C2)cc1. The molecule has 2 aromatic rings. The van der Waals surface area contributed by atoms with Gasteiger partial charge in [-0.3, -0.25) is 9.69 Å². The molecule has 0 aromatic heterocycles. The van der Waals surface area contributed by atoms with Crippen molar-refractivity contribution < 1.29 is 9.53 Å². The number of ether oxygens (including phenoxy) is 1. The quantitative estimate of drug-likeness (QED) is 0.769. The molecule has 0 saturated carbocycles. The maximum absolute atomic E-state index is 12.2. The zero-order valence-electron chi connectivity index (χ0n) is 16.4. The topological polar surface area (TPSA) is 41.6 Å². The maximum atomic E-state index is 12.2. The Morgan fingerprint density at radius 2 is 1.89 bits per heavy atom. The van der Waals surface area contributed by atoms with Crippen LogP contribution in [0.15, 0.2) is 54.6 Å². The molecule has 1 heterocycles. The number of amides is 1. The van der Waals surface area contributed by atoms with Crippen molar-refractivity contribution in [1.29, 1.82) is 0 Å². The molecule has 1 unspecified atom stereocenters. The molecule has 27 heavy (non-hydrogen) atoms. The van der Waals surface area contributed by atoms with Crippen LogP contribution in [-0.2, 0) is 11.3 Å². The van der Waals surface area contributed by atoms with Gasteiger partial charge in [0.2, 0.25) is 5.91 Å². The lowest BCUT2D eigenvalue weighted by Crippen LogP contribution is -2.37. The molecule has 1 aliphatic heterocycles. The van der Waals surface area contributed by atoms with Gasteiger partial charge in [-0.15, -0.1) is 0 Å². The lowest BCUT2D eigenvalue weighted by Gasteiger charge is -2.17. The van der Waals surface area contributed by atoms with E-state index in [0.29, 0.717) is 18.9 Å². The van der Waals surface area contributed by atoms with Gasteiger partial charge >= 0.3 is 0 Å². The summed E-state index contributed by atoms with van der Waals surface area (Å²) in [4.78, 5) is 14.6. The molecule has 1 saturated heterocycles. The van der Waals surface area contributed by atoms with Crippen molar-refractivity contribution in [3.8, 4) is 5.75 Å². The summed E-state index contributed by atoms with van der Waals surface area (Å²) >= 11 is 0. The molecule has 0 aliphatic carbocycles. The van der Waals surface area contributed by atoms with Crippen molar-refractivity contribution in [2.45, 2.75) is 45.2 Å². The molecule has 0 bridgehead atoms. The average molecular weight is 367 g/mol. The number of hydrogen-bond acceptors (Lipinski definition) is 3. The van der Waals surface area contributed by atoms with Crippen LogP contribution < -0.4 is 10.1 Å². The van der Waals surface area contributed by atoms with Crippen LogP contribution >= 0.6 is 0 Å². The smallest absolute Gasteiger partial charge is 0.223 e. The molecule has 1 fully saturated rings. The number of carbonyl (C=O) groups excluding carboxylic acids is 1. The van der Waals surface area contributed by atoms with Crippen LogP contribution in [0.25, 0.3) is 0 Å². The van der Waals surface area contributed by atoms with E-state index in [-0.39, 0.29) is 11.9 Å². The Balaban J connectivity index is 1.35. The molecule has 1 N–H and O–H groups in total. The lowest BCUT2D eigenvalue weighted by molar-refractivity contribution is -0.122. The van der Waals surface area contributed by atoms with Crippen LogP contribution in [0.5, 0.6) is 5.75 Å². The third kappa shape index (κ3) is 6.10. The molecule has 1 atom stereocenters. The van der Waals surface area contributed by atoms with E-state index in [1.807, 2.05) is 18.2 Å². The van der Waals surface area contributed by atoms with E-state index in [1.54, 1.807) is 0 Å². The Kier molecular flexibility index (Phi) is 6.88. The number of nitrogens with one attached hydrogen (secondary N) is 1. The van der Waals surface area contributed by atoms with Crippen molar-refractivity contribution in [1.82, 2.24) is 10.2 Å². The lowest BCUT2D eigenvalue weighted by atomic mass is 10.0. The number of nitrogens with zero attached hydrogens (tertiary/aromatic N) is 1. The first-order chi connectivity index (χ1) is 13.1. The number of hydrogen-bond donors (Lipinski definition) is 1. The summed E-state index contributed by atoms with van der Waals surface area (Å²) in [5.74, 6) is 1.40. The molecule has 0 spiro atoms. The molecule has 4 nitrogen and oxygen atoms in total. The van der Waals surface area contributed by atoms with Gasteiger partial charge < -0.3 is 10.1 Å².